The Morgan fingerprint density at radius 1 is 0.920 bits per heavy atom. The predicted molar refractivity (Wildman–Crippen MR) is 96.0 cm³/mol. The largest absolute Gasteiger partial charge is 0.393 e. The van der Waals surface area contributed by atoms with E-state index in [0.717, 1.165) is 37.1 Å². The van der Waals surface area contributed by atoms with E-state index in [0.29, 0.717) is 0 Å². The lowest BCUT2D eigenvalue weighted by molar-refractivity contribution is -0.163. The number of carbonyl (C=O) groups is 2. The molecule has 1 N–H and O–H groups in total. The Labute approximate surface area is 148 Å². The van der Waals surface area contributed by atoms with Gasteiger partial charge in [0.15, 0.2) is 0 Å². The third-order valence-electron chi connectivity index (χ3n) is 4.66. The molecule has 3 rings (SSSR count). The van der Waals surface area contributed by atoms with Gasteiger partial charge in [0.2, 0.25) is 0 Å². The Morgan fingerprint density at radius 3 is 1.96 bits per heavy atom. The van der Waals surface area contributed by atoms with E-state index >= 15 is 0 Å². The van der Waals surface area contributed by atoms with Gasteiger partial charge in [-0.15, -0.1) is 0 Å². The maximum atomic E-state index is 12.4. The molecule has 1 heterocycles. The van der Waals surface area contributed by atoms with Crippen LogP contribution in [-0.2, 0) is 14.3 Å². The van der Waals surface area contributed by atoms with E-state index in [9.17, 15) is 9.59 Å². The Balaban J connectivity index is 1.69. The topological polar surface area (TPSA) is 55.4 Å². The number of carbonyl (C=O) groups excluding carboxylic acids is 2. The molecule has 1 fully saturated rings. The summed E-state index contributed by atoms with van der Waals surface area (Å²) in [6.07, 6.45) is 1.62. The fourth-order valence-corrected chi connectivity index (χ4v) is 3.26. The van der Waals surface area contributed by atoms with Gasteiger partial charge in [0.05, 0.1) is 12.3 Å². The zero-order valence-electron chi connectivity index (χ0n) is 14.2. The Bertz CT molecular complexity index is 654. The summed E-state index contributed by atoms with van der Waals surface area (Å²) in [5.41, 5.74) is 2.08. The van der Waals surface area contributed by atoms with E-state index in [1.54, 1.807) is 0 Å². The summed E-state index contributed by atoms with van der Waals surface area (Å²) in [6.45, 7) is 1.59. The number of hydrogen-bond donors (Lipinski definition) is 1. The summed E-state index contributed by atoms with van der Waals surface area (Å²) in [5.74, 6) is -1.12. The summed E-state index contributed by atoms with van der Waals surface area (Å²) >= 11 is 0. The van der Waals surface area contributed by atoms with E-state index in [1.165, 1.54) is 0 Å². The lowest BCUT2D eigenvalue weighted by atomic mass is 9.88. The van der Waals surface area contributed by atoms with Crippen molar-refractivity contribution in [1.29, 1.82) is 0 Å². The minimum Gasteiger partial charge on any atom is -0.393 e. The van der Waals surface area contributed by atoms with Gasteiger partial charge in [-0.2, -0.15) is 0 Å². The molecule has 0 amide bonds. The predicted octanol–water partition coefficient (Wildman–Crippen LogP) is 3.28. The molecule has 2 aromatic carbocycles. The van der Waals surface area contributed by atoms with Gasteiger partial charge in [-0.1, -0.05) is 60.7 Å². The first-order chi connectivity index (χ1) is 12.2. The van der Waals surface area contributed by atoms with Gasteiger partial charge in [-0.25, -0.2) is 0 Å². The maximum Gasteiger partial charge on any atom is 0.316 e. The third-order valence-corrected chi connectivity index (χ3v) is 4.66. The molecule has 4 heteroatoms. The molecular formula is C21H23NO3. The summed E-state index contributed by atoms with van der Waals surface area (Å²) in [5, 5.41) is 3.21. The van der Waals surface area contributed by atoms with Crippen molar-refractivity contribution in [2.75, 3.05) is 13.1 Å². The van der Waals surface area contributed by atoms with Crippen LogP contribution >= 0.6 is 0 Å². The molecule has 0 unspecified atom stereocenters. The van der Waals surface area contributed by atoms with Crippen LogP contribution in [0.3, 0.4) is 0 Å². The van der Waals surface area contributed by atoms with Crippen LogP contribution in [0.15, 0.2) is 60.7 Å². The van der Waals surface area contributed by atoms with Crippen LogP contribution in [-0.4, -0.2) is 25.0 Å². The number of nitrogens with one attached hydrogen (secondary N) is 1. The number of ether oxygens (including phenoxy) is 1. The molecule has 2 aromatic rings. The number of benzene rings is 2. The van der Waals surface area contributed by atoms with Crippen molar-refractivity contribution in [2.24, 2.45) is 5.92 Å². The molecule has 0 aromatic heterocycles. The minimum atomic E-state index is -0.457. The monoisotopic (exact) mass is 337 g/mol. The minimum absolute atomic E-state index is 0.115. The second-order valence-corrected chi connectivity index (χ2v) is 6.40. The van der Waals surface area contributed by atoms with E-state index in [1.807, 2.05) is 60.7 Å². The van der Waals surface area contributed by atoms with Crippen LogP contribution in [0, 0.1) is 5.92 Å². The molecule has 1 aliphatic rings. The smallest absolute Gasteiger partial charge is 0.316 e. The summed E-state index contributed by atoms with van der Waals surface area (Å²) in [4.78, 5) is 24.6. The Kier molecular flexibility index (Phi) is 5.96. The van der Waals surface area contributed by atoms with E-state index in [4.69, 9.17) is 4.74 Å². The van der Waals surface area contributed by atoms with Gasteiger partial charge in [0.25, 0.3) is 0 Å². The van der Waals surface area contributed by atoms with Gasteiger partial charge in [0, 0.05) is 5.92 Å². The van der Waals surface area contributed by atoms with Gasteiger partial charge in [0.1, 0.15) is 0 Å². The highest BCUT2D eigenvalue weighted by atomic mass is 16.6. The average molecular weight is 337 g/mol. The number of piperidine rings is 1. The molecule has 1 saturated heterocycles. The lowest BCUT2D eigenvalue weighted by Gasteiger charge is -2.21. The third kappa shape index (κ3) is 4.77. The second-order valence-electron chi connectivity index (χ2n) is 6.40. The molecule has 0 atom stereocenters. The van der Waals surface area contributed by atoms with E-state index in [-0.39, 0.29) is 24.2 Å². The first kappa shape index (κ1) is 17.4. The van der Waals surface area contributed by atoms with Crippen LogP contribution < -0.4 is 5.32 Å². The van der Waals surface area contributed by atoms with Crippen molar-refractivity contribution in [3.63, 3.8) is 0 Å². The van der Waals surface area contributed by atoms with Crippen LogP contribution in [0.1, 0.15) is 36.3 Å². The lowest BCUT2D eigenvalue weighted by Crippen LogP contribution is -2.33. The first-order valence-corrected chi connectivity index (χ1v) is 8.79. The molecule has 4 nitrogen and oxygen atoms in total. The standard InChI is InChI=1S/C21H23NO3/c23-20(25-21(24)18-11-13-22-14-12-18)15-19(16-7-3-1-4-8-16)17-9-5-2-6-10-17/h1-10,18-19,22H,11-15H2. The Hall–Kier alpha value is -2.46. The molecular weight excluding hydrogens is 314 g/mol. The zero-order valence-corrected chi connectivity index (χ0v) is 14.2. The number of hydrogen-bond acceptors (Lipinski definition) is 4. The van der Waals surface area contributed by atoms with Crippen molar-refractivity contribution in [1.82, 2.24) is 5.32 Å². The average Bonchev–Trinajstić information content (AvgIpc) is 2.68. The normalized spacial score (nSPS) is 15.1. The fourth-order valence-electron chi connectivity index (χ4n) is 3.26. The second kappa shape index (κ2) is 8.58. The molecule has 0 bridgehead atoms. The van der Waals surface area contributed by atoms with Crippen molar-refractivity contribution < 1.29 is 14.3 Å². The van der Waals surface area contributed by atoms with Crippen LogP contribution in [0.2, 0.25) is 0 Å². The highest BCUT2D eigenvalue weighted by molar-refractivity contribution is 5.87. The molecule has 1 aliphatic heterocycles. The Morgan fingerprint density at radius 2 is 1.44 bits per heavy atom. The highest BCUT2D eigenvalue weighted by Gasteiger charge is 2.26. The van der Waals surface area contributed by atoms with Crippen molar-refractivity contribution in [2.45, 2.75) is 25.2 Å². The number of rotatable bonds is 5. The zero-order chi connectivity index (χ0) is 17.5. The quantitative estimate of drug-likeness (QED) is 0.672. The number of esters is 2. The van der Waals surface area contributed by atoms with Gasteiger partial charge < -0.3 is 10.1 Å². The molecule has 130 valence electrons. The maximum absolute atomic E-state index is 12.4. The molecule has 0 radical (unpaired) electrons. The van der Waals surface area contributed by atoms with Crippen LogP contribution in [0.4, 0.5) is 0 Å². The van der Waals surface area contributed by atoms with Crippen LogP contribution in [0.5, 0.6) is 0 Å². The molecule has 25 heavy (non-hydrogen) atoms. The van der Waals surface area contributed by atoms with Gasteiger partial charge >= 0.3 is 11.9 Å². The first-order valence-electron chi connectivity index (χ1n) is 8.79. The van der Waals surface area contributed by atoms with Crippen molar-refractivity contribution in [3.8, 4) is 0 Å². The van der Waals surface area contributed by atoms with Crippen molar-refractivity contribution in [3.05, 3.63) is 71.8 Å². The van der Waals surface area contributed by atoms with E-state index in [2.05, 4.69) is 5.32 Å². The SMILES string of the molecule is O=C(CC(c1ccccc1)c1ccccc1)OC(=O)C1CCNCC1. The summed E-state index contributed by atoms with van der Waals surface area (Å²) in [7, 11) is 0. The van der Waals surface area contributed by atoms with E-state index < -0.39 is 5.97 Å². The highest BCUT2D eigenvalue weighted by Crippen LogP contribution is 2.28. The van der Waals surface area contributed by atoms with Crippen LogP contribution in [0.25, 0.3) is 0 Å². The van der Waals surface area contributed by atoms with Gasteiger partial charge in [-0.05, 0) is 37.1 Å². The van der Waals surface area contributed by atoms with Gasteiger partial charge in [-0.3, -0.25) is 9.59 Å². The molecule has 0 spiro atoms. The summed E-state index contributed by atoms with van der Waals surface area (Å²) in [6, 6.07) is 19.7. The molecule has 0 saturated carbocycles. The molecule has 0 aliphatic carbocycles. The summed E-state index contributed by atoms with van der Waals surface area (Å²) < 4.78 is 5.16. The van der Waals surface area contributed by atoms with Crippen molar-refractivity contribution >= 4 is 11.9 Å². The fraction of sp³-hybridized carbons (Fsp3) is 0.333.